The number of rotatable bonds is 4. The van der Waals surface area contributed by atoms with Crippen molar-refractivity contribution in [1.82, 2.24) is 29.7 Å². The second kappa shape index (κ2) is 7.51. The van der Waals surface area contributed by atoms with Gasteiger partial charge in [-0.15, -0.1) is 0 Å². The van der Waals surface area contributed by atoms with Crippen LogP contribution in [0, 0.1) is 16.7 Å². The van der Waals surface area contributed by atoms with E-state index in [1.165, 1.54) is 5.69 Å². The first-order valence-corrected chi connectivity index (χ1v) is 11.4. The molecule has 3 fully saturated rings. The van der Waals surface area contributed by atoms with Gasteiger partial charge < -0.3 is 14.6 Å². The highest BCUT2D eigenvalue weighted by Crippen LogP contribution is 2.41. The Balaban J connectivity index is 1.38. The van der Waals surface area contributed by atoms with E-state index in [2.05, 4.69) is 69.5 Å². The highest BCUT2D eigenvalue weighted by atomic mass is 16.6. The molecule has 5 rings (SSSR count). The molecule has 9 heteroatoms. The number of ether oxygens (including phenoxy) is 1. The van der Waals surface area contributed by atoms with E-state index < -0.39 is 5.54 Å². The predicted molar refractivity (Wildman–Crippen MR) is 118 cm³/mol. The van der Waals surface area contributed by atoms with Crippen LogP contribution < -0.4 is 5.32 Å². The Morgan fingerprint density at radius 3 is 2.75 bits per heavy atom. The zero-order valence-corrected chi connectivity index (χ0v) is 19.3. The number of nitrogens with one attached hydrogen (secondary N) is 1. The average molecular weight is 438 g/mol. The molecule has 0 aliphatic carbocycles. The third-order valence-corrected chi connectivity index (χ3v) is 6.88. The first kappa shape index (κ1) is 21.3. The quantitative estimate of drug-likeness (QED) is 0.728. The Kier molecular flexibility index (Phi) is 5.00. The van der Waals surface area contributed by atoms with Crippen LogP contribution in [0.3, 0.4) is 0 Å². The molecule has 0 radical (unpaired) electrons. The van der Waals surface area contributed by atoms with E-state index >= 15 is 0 Å². The van der Waals surface area contributed by atoms with E-state index in [1.54, 1.807) is 6.20 Å². The molecule has 9 nitrogen and oxygen atoms in total. The summed E-state index contributed by atoms with van der Waals surface area (Å²) in [6, 6.07) is 4.19. The second-order valence-corrected chi connectivity index (χ2v) is 10.4. The van der Waals surface area contributed by atoms with Gasteiger partial charge in [0.15, 0.2) is 12.5 Å². The standard InChI is InChI=1S/C23H31N7O2/c1-5-30-20-19(32-20)27-21(31)23(30)6-8-28(9-7-23)13-16-10-15-12-25-17(11-24)26-18(15)29(16)14-22(2,3)4/h10,12,19-20H,5-9,13-14H2,1-4H3,(H,27,31). The van der Waals surface area contributed by atoms with Crippen molar-refractivity contribution in [3.8, 4) is 6.07 Å². The van der Waals surface area contributed by atoms with Crippen molar-refractivity contribution in [3.63, 3.8) is 0 Å². The lowest BCUT2D eigenvalue weighted by molar-refractivity contribution is -0.142. The molecule has 5 heterocycles. The number of carbonyl (C=O) groups excluding carboxylic acids is 1. The number of epoxide rings is 1. The number of hydrogen-bond donors (Lipinski definition) is 1. The number of nitriles is 1. The fourth-order valence-electron chi connectivity index (χ4n) is 5.32. The van der Waals surface area contributed by atoms with Gasteiger partial charge in [0, 0.05) is 43.5 Å². The van der Waals surface area contributed by atoms with Crippen LogP contribution in [0.25, 0.3) is 11.0 Å². The van der Waals surface area contributed by atoms with Gasteiger partial charge in [0.05, 0.1) is 0 Å². The highest BCUT2D eigenvalue weighted by molar-refractivity contribution is 5.88. The van der Waals surface area contributed by atoms with E-state index in [9.17, 15) is 10.1 Å². The average Bonchev–Trinajstić information content (AvgIpc) is 3.44. The minimum absolute atomic E-state index is 0.0338. The summed E-state index contributed by atoms with van der Waals surface area (Å²) in [6.07, 6.45) is 3.23. The van der Waals surface area contributed by atoms with Crippen molar-refractivity contribution in [3.05, 3.63) is 23.8 Å². The molecule has 1 amide bonds. The molecule has 0 aromatic carbocycles. The fourth-order valence-corrected chi connectivity index (χ4v) is 5.32. The van der Waals surface area contributed by atoms with Crippen LogP contribution in [0.2, 0.25) is 0 Å². The summed E-state index contributed by atoms with van der Waals surface area (Å²) in [5.41, 5.74) is 1.58. The summed E-state index contributed by atoms with van der Waals surface area (Å²) in [5.74, 6) is 0.305. The first-order chi connectivity index (χ1) is 15.2. The number of amides is 1. The number of nitrogens with zero attached hydrogens (tertiary/aromatic N) is 6. The van der Waals surface area contributed by atoms with Crippen LogP contribution in [0.1, 0.15) is 52.1 Å². The van der Waals surface area contributed by atoms with Gasteiger partial charge in [0.1, 0.15) is 17.3 Å². The maximum absolute atomic E-state index is 12.9. The molecular weight excluding hydrogens is 406 g/mol. The molecular formula is C23H31N7O2. The van der Waals surface area contributed by atoms with Crippen molar-refractivity contribution >= 4 is 16.9 Å². The number of likely N-dealkylation sites (N-methyl/N-ethyl adjacent to an activating group) is 1. The summed E-state index contributed by atoms with van der Waals surface area (Å²) in [7, 11) is 0. The van der Waals surface area contributed by atoms with Gasteiger partial charge in [-0.05, 0) is 30.9 Å². The van der Waals surface area contributed by atoms with Crippen molar-refractivity contribution in [1.29, 1.82) is 5.26 Å². The zero-order valence-electron chi connectivity index (χ0n) is 19.3. The topological polar surface area (TPSA) is 103 Å². The number of aromatic nitrogens is 3. The van der Waals surface area contributed by atoms with Gasteiger partial charge in [0.2, 0.25) is 11.7 Å². The van der Waals surface area contributed by atoms with Crippen LogP contribution in [0.5, 0.6) is 0 Å². The minimum atomic E-state index is -0.464. The van der Waals surface area contributed by atoms with E-state index in [4.69, 9.17) is 4.74 Å². The molecule has 1 N–H and O–H groups in total. The Labute approximate surface area is 188 Å². The maximum Gasteiger partial charge on any atom is 0.242 e. The molecule has 2 unspecified atom stereocenters. The first-order valence-electron chi connectivity index (χ1n) is 11.4. The van der Waals surface area contributed by atoms with Crippen molar-refractivity contribution in [2.75, 3.05) is 19.6 Å². The third-order valence-electron chi connectivity index (χ3n) is 6.88. The predicted octanol–water partition coefficient (Wildman–Crippen LogP) is 1.82. The lowest BCUT2D eigenvalue weighted by Crippen LogP contribution is -2.67. The third kappa shape index (κ3) is 3.56. The molecule has 3 saturated heterocycles. The molecule has 2 atom stereocenters. The molecule has 32 heavy (non-hydrogen) atoms. The SMILES string of the molecule is CCN1C2OC2NC(=O)C12CCN(Cc1cc3cnc(C#N)nc3n1CC(C)(C)C)CC2. The van der Waals surface area contributed by atoms with Crippen molar-refractivity contribution < 1.29 is 9.53 Å². The maximum atomic E-state index is 12.9. The van der Waals surface area contributed by atoms with Crippen molar-refractivity contribution in [2.24, 2.45) is 5.41 Å². The summed E-state index contributed by atoms with van der Waals surface area (Å²) < 4.78 is 7.89. The molecule has 3 aliphatic rings. The van der Waals surface area contributed by atoms with Crippen LogP contribution in [0.15, 0.2) is 12.3 Å². The van der Waals surface area contributed by atoms with Gasteiger partial charge >= 0.3 is 0 Å². The van der Waals surface area contributed by atoms with Crippen LogP contribution in [0.4, 0.5) is 0 Å². The summed E-state index contributed by atoms with van der Waals surface area (Å²) >= 11 is 0. The molecule has 0 bridgehead atoms. The Morgan fingerprint density at radius 1 is 1.34 bits per heavy atom. The number of hydrogen-bond acceptors (Lipinski definition) is 7. The number of piperazine rings is 1. The van der Waals surface area contributed by atoms with E-state index in [0.29, 0.717) is 0 Å². The number of carbonyl (C=O) groups is 1. The largest absolute Gasteiger partial charge is 0.331 e. The minimum Gasteiger partial charge on any atom is -0.331 e. The van der Waals surface area contributed by atoms with E-state index in [0.717, 1.165) is 56.6 Å². The summed E-state index contributed by atoms with van der Waals surface area (Å²) in [5, 5.41) is 13.3. The molecule has 1 spiro atoms. The Hall–Kier alpha value is -2.54. The molecule has 0 saturated carbocycles. The van der Waals surface area contributed by atoms with Gasteiger partial charge in [-0.2, -0.15) is 5.26 Å². The van der Waals surface area contributed by atoms with E-state index in [-0.39, 0.29) is 29.6 Å². The zero-order chi connectivity index (χ0) is 22.7. The smallest absolute Gasteiger partial charge is 0.242 e. The summed E-state index contributed by atoms with van der Waals surface area (Å²) in [6.45, 7) is 12.8. The second-order valence-electron chi connectivity index (χ2n) is 10.4. The lowest BCUT2D eigenvalue weighted by atomic mass is 9.83. The lowest BCUT2D eigenvalue weighted by Gasteiger charge is -2.48. The Bertz CT molecular complexity index is 1090. The van der Waals surface area contributed by atoms with E-state index in [1.807, 2.05) is 0 Å². The van der Waals surface area contributed by atoms with Gasteiger partial charge in [-0.1, -0.05) is 27.7 Å². The Morgan fingerprint density at radius 2 is 2.09 bits per heavy atom. The highest BCUT2D eigenvalue weighted by Gasteiger charge is 2.60. The normalized spacial score (nSPS) is 25.5. The van der Waals surface area contributed by atoms with Gasteiger partial charge in [-0.3, -0.25) is 14.6 Å². The van der Waals surface area contributed by atoms with Gasteiger partial charge in [0.25, 0.3) is 0 Å². The monoisotopic (exact) mass is 437 g/mol. The van der Waals surface area contributed by atoms with Crippen LogP contribution in [-0.2, 0) is 22.6 Å². The number of piperidine rings is 1. The van der Waals surface area contributed by atoms with Crippen molar-refractivity contribution in [2.45, 2.75) is 71.6 Å². The van der Waals surface area contributed by atoms with Gasteiger partial charge in [-0.25, -0.2) is 9.97 Å². The van der Waals surface area contributed by atoms with Crippen LogP contribution in [-0.4, -0.2) is 67.9 Å². The number of likely N-dealkylation sites (tertiary alicyclic amines) is 1. The molecule has 2 aromatic heterocycles. The molecule has 170 valence electrons. The van der Waals surface area contributed by atoms with Crippen LogP contribution >= 0.6 is 0 Å². The fraction of sp³-hybridized carbons (Fsp3) is 0.652. The number of fused-ring (bicyclic) bond motifs is 2. The molecule has 2 aromatic rings. The molecule has 3 aliphatic heterocycles. The summed E-state index contributed by atoms with van der Waals surface area (Å²) in [4.78, 5) is 26.3.